The van der Waals surface area contributed by atoms with Gasteiger partial charge in [-0.05, 0) is 0 Å². The molecule has 2 nitrogen and oxygen atoms in total. The minimum atomic E-state index is -3.62. The van der Waals surface area contributed by atoms with E-state index in [0.29, 0.717) is 13.2 Å². The first kappa shape index (κ1) is 47.0. The normalized spacial score (nSPS) is 13.0. The summed E-state index contributed by atoms with van der Waals surface area (Å²) in [5.41, 5.74) is 0. The number of rotatable bonds is 24. The van der Waals surface area contributed by atoms with Crippen molar-refractivity contribution < 1.29 is 9.47 Å². The van der Waals surface area contributed by atoms with Gasteiger partial charge >= 0.3 is 388 Å². The van der Waals surface area contributed by atoms with Crippen LogP contribution in [0.15, 0.2) is 194 Å². The maximum atomic E-state index is 7.50. The van der Waals surface area contributed by atoms with E-state index in [2.05, 4.69) is 221 Å². The van der Waals surface area contributed by atoms with Crippen molar-refractivity contribution >= 4 is 55.6 Å². The first-order valence-electron chi connectivity index (χ1n) is 24.2. The van der Waals surface area contributed by atoms with Gasteiger partial charge in [0.1, 0.15) is 0 Å². The molecule has 0 bridgehead atoms. The van der Waals surface area contributed by atoms with E-state index in [9.17, 15) is 0 Å². The second-order valence-corrected chi connectivity index (χ2v) is 28.5. The molecule has 0 amide bonds. The first-order valence-corrected chi connectivity index (χ1v) is 29.6. The third kappa shape index (κ3) is 8.99. The van der Waals surface area contributed by atoms with Gasteiger partial charge in [0, 0.05) is 0 Å². The molecule has 0 N–H and O–H groups in total. The summed E-state index contributed by atoms with van der Waals surface area (Å²) in [5, 5.41) is 10.2. The van der Waals surface area contributed by atoms with Crippen molar-refractivity contribution in [2.75, 3.05) is 26.5 Å². The standard InChI is InChI=1S/C60H72O2P2/c1-5-7-9-11-13-33-47-61-57-49-60(64(4,54-41-27-18-28-42-54,55-43-29-19-30-44-55)56-45-31-20-32-46-56)58(62-48-34-14-12-10-8-6-2)50-59(57)63(3,51-35-21-15-22-36-51,52-37-23-16-24-38-52)53-39-25-17-26-40-53/h15-32,35-46,49-50H,5-14,33-34,47-48H2,1-4H3. The molecular weight excluding hydrogens is 815 g/mol. The van der Waals surface area contributed by atoms with Crippen LogP contribution in [0.2, 0.25) is 0 Å². The van der Waals surface area contributed by atoms with Gasteiger partial charge in [0.25, 0.3) is 0 Å². The predicted octanol–water partition coefficient (Wildman–Crippen LogP) is 12.7. The summed E-state index contributed by atoms with van der Waals surface area (Å²) < 4.78 is 15.0. The first-order chi connectivity index (χ1) is 31.4. The Morgan fingerprint density at radius 3 is 0.750 bits per heavy atom. The quantitative estimate of drug-likeness (QED) is 0.0445. The van der Waals surface area contributed by atoms with Gasteiger partial charge in [0.2, 0.25) is 0 Å². The van der Waals surface area contributed by atoms with Crippen LogP contribution in [-0.4, -0.2) is 26.5 Å². The zero-order valence-electron chi connectivity index (χ0n) is 39.1. The number of benzene rings is 7. The van der Waals surface area contributed by atoms with E-state index in [1.165, 1.54) is 93.8 Å². The Balaban J connectivity index is 1.61. The summed E-state index contributed by atoms with van der Waals surface area (Å²) in [4.78, 5) is 0. The van der Waals surface area contributed by atoms with Crippen LogP contribution in [0.3, 0.4) is 0 Å². The third-order valence-electron chi connectivity index (χ3n) is 14.2. The fourth-order valence-electron chi connectivity index (χ4n) is 10.3. The third-order valence-corrected chi connectivity index (χ3v) is 26.8. The van der Waals surface area contributed by atoms with Crippen LogP contribution in [-0.2, 0) is 0 Å². The molecule has 64 heavy (non-hydrogen) atoms. The van der Waals surface area contributed by atoms with Crippen LogP contribution in [0.5, 0.6) is 11.5 Å². The maximum absolute atomic E-state index is 7.50. The summed E-state index contributed by atoms with van der Waals surface area (Å²) in [6, 6.07) is 72.7. The van der Waals surface area contributed by atoms with Crippen LogP contribution in [0.4, 0.5) is 0 Å². The van der Waals surface area contributed by atoms with Gasteiger partial charge in [0.05, 0.1) is 0 Å². The second-order valence-electron chi connectivity index (χ2n) is 18.2. The van der Waals surface area contributed by atoms with Crippen molar-refractivity contribution in [3.05, 3.63) is 194 Å². The zero-order chi connectivity index (χ0) is 44.6. The van der Waals surface area contributed by atoms with Crippen LogP contribution in [0.25, 0.3) is 0 Å². The van der Waals surface area contributed by atoms with Crippen molar-refractivity contribution in [3.63, 3.8) is 0 Å². The molecule has 0 aliphatic carbocycles. The molecule has 0 spiro atoms. The molecule has 0 fully saturated rings. The molecule has 7 aromatic carbocycles. The molecule has 0 saturated carbocycles. The molecule has 7 rings (SSSR count). The number of hydrogen-bond donors (Lipinski definition) is 0. The van der Waals surface area contributed by atoms with E-state index in [1.807, 2.05) is 0 Å². The Morgan fingerprint density at radius 1 is 0.297 bits per heavy atom. The topological polar surface area (TPSA) is 18.5 Å². The zero-order valence-corrected chi connectivity index (χ0v) is 40.9. The molecule has 0 saturated heterocycles. The van der Waals surface area contributed by atoms with E-state index < -0.39 is 13.2 Å². The van der Waals surface area contributed by atoms with Crippen LogP contribution in [0.1, 0.15) is 90.9 Å². The molecule has 0 aliphatic heterocycles. The number of hydrogen-bond acceptors (Lipinski definition) is 2. The van der Waals surface area contributed by atoms with Gasteiger partial charge in [-0.25, -0.2) is 0 Å². The Bertz CT molecular complexity index is 2080. The summed E-state index contributed by atoms with van der Waals surface area (Å²) in [7, 11) is 0. The molecule has 7 aromatic rings. The van der Waals surface area contributed by atoms with Crippen LogP contribution < -0.4 is 51.9 Å². The fraction of sp³-hybridized carbons (Fsp3) is 0.300. The van der Waals surface area contributed by atoms with E-state index in [0.717, 1.165) is 37.2 Å². The minimum absolute atomic E-state index is 0.642. The van der Waals surface area contributed by atoms with Crippen molar-refractivity contribution in [2.45, 2.75) is 90.9 Å². The molecule has 0 radical (unpaired) electrons. The van der Waals surface area contributed by atoms with E-state index in [1.54, 1.807) is 0 Å². The molecular formula is C60H72O2P2. The van der Waals surface area contributed by atoms with E-state index in [4.69, 9.17) is 9.47 Å². The van der Waals surface area contributed by atoms with Gasteiger partial charge in [-0.15, -0.1) is 0 Å². The fourth-order valence-corrected chi connectivity index (χ4v) is 21.5. The predicted molar refractivity (Wildman–Crippen MR) is 286 cm³/mol. The van der Waals surface area contributed by atoms with Gasteiger partial charge in [-0.3, -0.25) is 0 Å². The Hall–Kier alpha value is -5.00. The average molecular weight is 887 g/mol. The van der Waals surface area contributed by atoms with Crippen LogP contribution in [0, 0.1) is 0 Å². The SMILES string of the molecule is CCCCCCCCOc1cc(P(C)(c2ccccc2)(c2ccccc2)c2ccccc2)c(OCCCCCCCC)cc1P(C)(c1ccccc1)(c1ccccc1)c1ccccc1. The van der Waals surface area contributed by atoms with Crippen molar-refractivity contribution in [1.29, 1.82) is 0 Å². The van der Waals surface area contributed by atoms with Gasteiger partial charge in [0.15, 0.2) is 0 Å². The Labute approximate surface area is 386 Å². The molecule has 4 heteroatoms. The van der Waals surface area contributed by atoms with Gasteiger partial charge in [-0.2, -0.15) is 0 Å². The monoisotopic (exact) mass is 887 g/mol. The molecule has 334 valence electrons. The second kappa shape index (κ2) is 21.8. The summed E-state index contributed by atoms with van der Waals surface area (Å²) in [5.74, 6) is 1.90. The van der Waals surface area contributed by atoms with E-state index >= 15 is 0 Å². The Morgan fingerprint density at radius 2 is 0.516 bits per heavy atom. The Kier molecular flexibility index (Phi) is 16.0. The van der Waals surface area contributed by atoms with Crippen molar-refractivity contribution in [1.82, 2.24) is 0 Å². The van der Waals surface area contributed by atoms with Crippen molar-refractivity contribution in [3.8, 4) is 11.5 Å². The summed E-state index contributed by atoms with van der Waals surface area (Å²) in [6.45, 7) is 3.75. The number of ether oxygens (including phenoxy) is 2. The summed E-state index contributed by atoms with van der Waals surface area (Å²) in [6.07, 6.45) is 14.4. The van der Waals surface area contributed by atoms with Crippen LogP contribution >= 0.6 is 13.2 Å². The van der Waals surface area contributed by atoms with Crippen molar-refractivity contribution in [2.24, 2.45) is 0 Å². The molecule has 0 unspecified atom stereocenters. The number of unbranched alkanes of at least 4 members (excludes halogenated alkanes) is 10. The molecule has 0 heterocycles. The molecule has 0 aliphatic rings. The van der Waals surface area contributed by atoms with Gasteiger partial charge < -0.3 is 0 Å². The summed E-state index contributed by atoms with van der Waals surface area (Å²) >= 11 is 0. The molecule has 0 atom stereocenters. The van der Waals surface area contributed by atoms with Gasteiger partial charge in [-0.1, -0.05) is 0 Å². The van der Waals surface area contributed by atoms with E-state index in [-0.39, 0.29) is 0 Å². The average Bonchev–Trinajstić information content (AvgIpc) is 3.37. The molecule has 0 aromatic heterocycles.